The van der Waals surface area contributed by atoms with Crippen LogP contribution in [0.25, 0.3) is 21.8 Å². The summed E-state index contributed by atoms with van der Waals surface area (Å²) < 4.78 is 2.25. The Kier molecular flexibility index (Phi) is 3.17. The molecule has 2 nitrogen and oxygen atoms in total. The molecule has 0 aliphatic carbocycles. The summed E-state index contributed by atoms with van der Waals surface area (Å²) in [6.07, 6.45) is 0. The van der Waals surface area contributed by atoms with Gasteiger partial charge in [0, 0.05) is 21.8 Å². The van der Waals surface area contributed by atoms with Gasteiger partial charge < -0.3 is 9.67 Å². The number of aliphatic hydroxyl groups is 1. The van der Waals surface area contributed by atoms with E-state index in [1.807, 2.05) is 18.2 Å². The summed E-state index contributed by atoms with van der Waals surface area (Å²) >= 11 is 0. The maximum atomic E-state index is 10.0. The summed E-state index contributed by atoms with van der Waals surface area (Å²) in [6.45, 7) is 0.0761. The zero-order valence-electron chi connectivity index (χ0n) is 12.2. The minimum atomic E-state index is -0.0778. The van der Waals surface area contributed by atoms with E-state index in [0.717, 1.165) is 16.6 Å². The molecule has 0 bridgehead atoms. The Hall–Kier alpha value is -2.58. The predicted octanol–water partition coefficient (Wildman–Crippen LogP) is 4.38. The van der Waals surface area contributed by atoms with E-state index in [0.29, 0.717) is 0 Å². The van der Waals surface area contributed by atoms with Gasteiger partial charge in [-0.15, -0.1) is 0 Å². The molecule has 4 aromatic rings. The molecule has 1 N–H and O–H groups in total. The maximum Gasteiger partial charge on any atom is 0.0823 e. The van der Waals surface area contributed by atoms with Gasteiger partial charge in [-0.25, -0.2) is 0 Å². The molecule has 2 heteroatoms. The van der Waals surface area contributed by atoms with Crippen molar-refractivity contribution >= 4 is 21.8 Å². The van der Waals surface area contributed by atoms with Crippen LogP contribution in [0.5, 0.6) is 0 Å². The molecule has 0 spiro atoms. The molecular formula is C20H17NO. The van der Waals surface area contributed by atoms with Gasteiger partial charge in [0.1, 0.15) is 0 Å². The van der Waals surface area contributed by atoms with Crippen LogP contribution in [0.15, 0.2) is 78.9 Å². The molecule has 0 aliphatic rings. The highest BCUT2D eigenvalue weighted by atomic mass is 16.3. The minimum absolute atomic E-state index is 0.0761. The Morgan fingerprint density at radius 1 is 0.682 bits per heavy atom. The van der Waals surface area contributed by atoms with Gasteiger partial charge in [-0.05, 0) is 17.7 Å². The normalized spacial score (nSPS) is 12.8. The predicted molar refractivity (Wildman–Crippen MR) is 91.1 cm³/mol. The fourth-order valence-corrected chi connectivity index (χ4v) is 3.30. The molecule has 3 aromatic carbocycles. The fourth-order valence-electron chi connectivity index (χ4n) is 3.30. The Bertz CT molecular complexity index is 871. The minimum Gasteiger partial charge on any atom is -0.394 e. The molecule has 4 rings (SSSR count). The quantitative estimate of drug-likeness (QED) is 0.594. The lowest BCUT2D eigenvalue weighted by atomic mass is 10.1. The smallest absolute Gasteiger partial charge is 0.0823 e. The van der Waals surface area contributed by atoms with Gasteiger partial charge in [-0.3, -0.25) is 0 Å². The lowest BCUT2D eigenvalue weighted by Crippen LogP contribution is -2.14. The maximum absolute atomic E-state index is 10.0. The Morgan fingerprint density at radius 2 is 1.18 bits per heavy atom. The van der Waals surface area contributed by atoms with E-state index in [1.165, 1.54) is 10.8 Å². The highest BCUT2D eigenvalue weighted by Crippen LogP contribution is 2.33. The molecular weight excluding hydrogens is 270 g/mol. The average Bonchev–Trinajstić information content (AvgIpc) is 2.92. The number of fused-ring (bicyclic) bond motifs is 3. The second kappa shape index (κ2) is 5.32. The Balaban J connectivity index is 2.07. The number of para-hydroxylation sites is 2. The standard InChI is InChI=1S/C20H17NO/c22-14-20(15-8-2-1-3-9-15)21-18-12-6-4-10-16(18)17-11-5-7-13-19(17)21/h1-13,20,22H,14H2. The molecule has 0 saturated heterocycles. The van der Waals surface area contributed by atoms with Gasteiger partial charge in [0.25, 0.3) is 0 Å². The Labute approximate surface area is 129 Å². The van der Waals surface area contributed by atoms with Crippen molar-refractivity contribution in [3.8, 4) is 0 Å². The summed E-state index contributed by atoms with van der Waals surface area (Å²) in [7, 11) is 0. The number of hydrogen-bond acceptors (Lipinski definition) is 1. The summed E-state index contributed by atoms with van der Waals surface area (Å²) in [5.41, 5.74) is 3.44. The molecule has 0 fully saturated rings. The van der Waals surface area contributed by atoms with Crippen molar-refractivity contribution in [1.82, 2.24) is 4.57 Å². The largest absolute Gasteiger partial charge is 0.394 e. The first kappa shape index (κ1) is 13.1. The van der Waals surface area contributed by atoms with E-state index in [2.05, 4.69) is 65.2 Å². The van der Waals surface area contributed by atoms with Gasteiger partial charge in [0.15, 0.2) is 0 Å². The zero-order chi connectivity index (χ0) is 14.9. The monoisotopic (exact) mass is 287 g/mol. The van der Waals surface area contributed by atoms with Crippen LogP contribution in [0.3, 0.4) is 0 Å². The second-order valence-corrected chi connectivity index (χ2v) is 5.51. The number of aromatic nitrogens is 1. The topological polar surface area (TPSA) is 25.2 Å². The first-order chi connectivity index (χ1) is 10.9. The second-order valence-electron chi connectivity index (χ2n) is 5.51. The fraction of sp³-hybridized carbons (Fsp3) is 0.100. The van der Waals surface area contributed by atoms with Gasteiger partial charge in [-0.2, -0.15) is 0 Å². The molecule has 0 saturated carbocycles. The average molecular weight is 287 g/mol. The van der Waals surface area contributed by atoms with Crippen molar-refractivity contribution in [3.63, 3.8) is 0 Å². The van der Waals surface area contributed by atoms with Crippen LogP contribution < -0.4 is 0 Å². The van der Waals surface area contributed by atoms with Crippen LogP contribution in [0.4, 0.5) is 0 Å². The lowest BCUT2D eigenvalue weighted by molar-refractivity contribution is 0.254. The van der Waals surface area contributed by atoms with E-state index >= 15 is 0 Å². The van der Waals surface area contributed by atoms with E-state index in [9.17, 15) is 5.11 Å². The molecule has 1 unspecified atom stereocenters. The summed E-state index contributed by atoms with van der Waals surface area (Å²) in [5, 5.41) is 12.5. The number of aliphatic hydroxyl groups excluding tert-OH is 1. The molecule has 1 heterocycles. The highest BCUT2D eigenvalue weighted by molar-refractivity contribution is 6.08. The summed E-state index contributed by atoms with van der Waals surface area (Å²) in [4.78, 5) is 0. The van der Waals surface area contributed by atoms with Crippen LogP contribution in [-0.4, -0.2) is 16.3 Å². The first-order valence-electron chi connectivity index (χ1n) is 7.53. The van der Waals surface area contributed by atoms with E-state index in [1.54, 1.807) is 0 Å². The molecule has 0 radical (unpaired) electrons. The summed E-state index contributed by atoms with van der Waals surface area (Å²) in [5.74, 6) is 0. The number of rotatable bonds is 3. The third-order valence-electron chi connectivity index (χ3n) is 4.29. The molecule has 0 aliphatic heterocycles. The summed E-state index contributed by atoms with van der Waals surface area (Å²) in [6, 6.07) is 26.9. The van der Waals surface area contributed by atoms with E-state index in [4.69, 9.17) is 0 Å². The SMILES string of the molecule is OCC(c1ccccc1)n1c2ccccc2c2ccccc21. The lowest BCUT2D eigenvalue weighted by Gasteiger charge is -2.19. The first-order valence-corrected chi connectivity index (χ1v) is 7.53. The number of hydrogen-bond donors (Lipinski definition) is 1. The van der Waals surface area contributed by atoms with E-state index < -0.39 is 0 Å². The highest BCUT2D eigenvalue weighted by Gasteiger charge is 2.18. The van der Waals surface area contributed by atoms with Gasteiger partial charge in [-0.1, -0.05) is 66.7 Å². The van der Waals surface area contributed by atoms with Crippen molar-refractivity contribution in [2.24, 2.45) is 0 Å². The van der Waals surface area contributed by atoms with Crippen molar-refractivity contribution in [3.05, 3.63) is 84.4 Å². The van der Waals surface area contributed by atoms with Gasteiger partial charge in [0.05, 0.1) is 12.6 Å². The van der Waals surface area contributed by atoms with Gasteiger partial charge >= 0.3 is 0 Å². The van der Waals surface area contributed by atoms with E-state index in [-0.39, 0.29) is 12.6 Å². The molecule has 1 aromatic heterocycles. The van der Waals surface area contributed by atoms with Crippen LogP contribution in [0, 0.1) is 0 Å². The van der Waals surface area contributed by atoms with Crippen molar-refractivity contribution in [2.75, 3.05) is 6.61 Å². The number of nitrogens with zero attached hydrogens (tertiary/aromatic N) is 1. The van der Waals surface area contributed by atoms with Crippen LogP contribution in [-0.2, 0) is 0 Å². The molecule has 108 valence electrons. The Morgan fingerprint density at radius 3 is 1.73 bits per heavy atom. The van der Waals surface area contributed by atoms with Crippen LogP contribution >= 0.6 is 0 Å². The molecule has 22 heavy (non-hydrogen) atoms. The van der Waals surface area contributed by atoms with Crippen LogP contribution in [0.2, 0.25) is 0 Å². The van der Waals surface area contributed by atoms with Crippen molar-refractivity contribution < 1.29 is 5.11 Å². The third-order valence-corrected chi connectivity index (χ3v) is 4.29. The third kappa shape index (κ3) is 1.92. The zero-order valence-corrected chi connectivity index (χ0v) is 12.2. The van der Waals surface area contributed by atoms with Crippen molar-refractivity contribution in [1.29, 1.82) is 0 Å². The molecule has 0 amide bonds. The van der Waals surface area contributed by atoms with Gasteiger partial charge in [0.2, 0.25) is 0 Å². The molecule has 1 atom stereocenters. The van der Waals surface area contributed by atoms with Crippen molar-refractivity contribution in [2.45, 2.75) is 6.04 Å². The van der Waals surface area contributed by atoms with Crippen LogP contribution in [0.1, 0.15) is 11.6 Å². The number of benzene rings is 3.